The van der Waals surface area contributed by atoms with Crippen LogP contribution < -0.4 is 9.64 Å². The molecule has 122 valence electrons. The van der Waals surface area contributed by atoms with Crippen molar-refractivity contribution in [3.8, 4) is 11.5 Å². The minimum atomic E-state index is 0.259. The molecule has 2 bridgehead atoms. The van der Waals surface area contributed by atoms with Gasteiger partial charge in [0, 0.05) is 23.8 Å². The molecule has 3 nitrogen and oxygen atoms in total. The van der Waals surface area contributed by atoms with Crippen LogP contribution in [0.5, 0.6) is 11.5 Å². The molecule has 22 heavy (non-hydrogen) atoms. The third kappa shape index (κ3) is 3.09. The normalized spacial score (nSPS) is 33.0. The maximum atomic E-state index is 10.0. The molecule has 4 heteroatoms. The summed E-state index contributed by atoms with van der Waals surface area (Å²) in [5.41, 5.74) is 2.24. The standard InChI is InChI=1S/C18H26INO2/c1-17(2)7-13-8-18(3,10-17)11-20(13)9-12-5-14(19)16(21)15(6-12)22-4/h5-6,13,21H,7-11H2,1-4H3/p+1/t13-,18+/m1/s1. The molecule has 1 aromatic carbocycles. The van der Waals surface area contributed by atoms with E-state index in [1.807, 2.05) is 6.07 Å². The number of hydrogen-bond acceptors (Lipinski definition) is 2. The Labute approximate surface area is 147 Å². The Morgan fingerprint density at radius 2 is 2.05 bits per heavy atom. The predicted molar refractivity (Wildman–Crippen MR) is 96.4 cm³/mol. The van der Waals surface area contributed by atoms with Crippen molar-refractivity contribution in [1.29, 1.82) is 0 Å². The Kier molecular flexibility index (Phi) is 4.13. The maximum Gasteiger partial charge on any atom is 0.171 e. The van der Waals surface area contributed by atoms with Crippen molar-refractivity contribution in [2.45, 2.75) is 52.6 Å². The largest absolute Gasteiger partial charge is 0.504 e. The molecule has 1 aliphatic heterocycles. The lowest BCUT2D eigenvalue weighted by Crippen LogP contribution is -3.12. The average Bonchev–Trinajstić information content (AvgIpc) is 2.62. The third-order valence-electron chi connectivity index (χ3n) is 5.41. The highest BCUT2D eigenvalue weighted by molar-refractivity contribution is 14.1. The van der Waals surface area contributed by atoms with Crippen LogP contribution in [0.4, 0.5) is 0 Å². The zero-order valence-electron chi connectivity index (χ0n) is 14.0. The summed E-state index contributed by atoms with van der Waals surface area (Å²) < 4.78 is 6.18. The van der Waals surface area contributed by atoms with Gasteiger partial charge >= 0.3 is 0 Å². The van der Waals surface area contributed by atoms with Gasteiger partial charge in [-0.1, -0.05) is 20.8 Å². The lowest BCUT2D eigenvalue weighted by Gasteiger charge is -2.37. The minimum absolute atomic E-state index is 0.259. The van der Waals surface area contributed by atoms with Crippen molar-refractivity contribution >= 4 is 22.6 Å². The predicted octanol–water partition coefficient (Wildman–Crippen LogP) is 2.99. The molecule has 3 atom stereocenters. The lowest BCUT2D eigenvalue weighted by atomic mass is 9.65. The van der Waals surface area contributed by atoms with Gasteiger partial charge in [-0.25, -0.2) is 0 Å². The van der Waals surface area contributed by atoms with E-state index in [0.717, 1.165) is 16.2 Å². The van der Waals surface area contributed by atoms with E-state index in [1.54, 1.807) is 12.0 Å². The highest BCUT2D eigenvalue weighted by atomic mass is 127. The molecule has 3 rings (SSSR count). The van der Waals surface area contributed by atoms with Gasteiger partial charge in [-0.3, -0.25) is 0 Å². The number of nitrogens with one attached hydrogen (secondary N) is 1. The van der Waals surface area contributed by atoms with Crippen LogP contribution in [0, 0.1) is 14.4 Å². The highest BCUT2D eigenvalue weighted by Crippen LogP contribution is 2.47. The molecule has 2 aliphatic rings. The van der Waals surface area contributed by atoms with Crippen LogP contribution in [0.25, 0.3) is 0 Å². The molecule has 0 radical (unpaired) electrons. The van der Waals surface area contributed by atoms with E-state index >= 15 is 0 Å². The fourth-order valence-electron chi connectivity index (χ4n) is 5.10. The van der Waals surface area contributed by atoms with Crippen LogP contribution in [0.15, 0.2) is 12.1 Å². The summed E-state index contributed by atoms with van der Waals surface area (Å²) in [5, 5.41) is 10.0. The van der Waals surface area contributed by atoms with E-state index in [2.05, 4.69) is 49.4 Å². The number of rotatable bonds is 3. The van der Waals surface area contributed by atoms with Gasteiger partial charge in [-0.05, 0) is 46.6 Å². The number of quaternary nitrogens is 1. The average molecular weight is 416 g/mol. The summed E-state index contributed by atoms with van der Waals surface area (Å²) in [5.74, 6) is 0.852. The molecule has 1 aliphatic carbocycles. The number of aromatic hydroxyl groups is 1. The first-order valence-electron chi connectivity index (χ1n) is 8.11. The molecule has 2 fully saturated rings. The van der Waals surface area contributed by atoms with E-state index in [0.29, 0.717) is 16.6 Å². The number of hydrogen-bond donors (Lipinski definition) is 2. The van der Waals surface area contributed by atoms with Gasteiger partial charge in [0.15, 0.2) is 11.5 Å². The molecule has 0 aromatic heterocycles. The Balaban J connectivity index is 1.81. The molecule has 1 saturated carbocycles. The van der Waals surface area contributed by atoms with E-state index in [9.17, 15) is 5.11 Å². The Hall–Kier alpha value is -0.490. The minimum Gasteiger partial charge on any atom is -0.504 e. The molecule has 2 N–H and O–H groups in total. The first kappa shape index (κ1) is 16.4. The van der Waals surface area contributed by atoms with Gasteiger partial charge in [-0.15, -0.1) is 0 Å². The number of halogens is 1. The fraction of sp³-hybridized carbons (Fsp3) is 0.667. The van der Waals surface area contributed by atoms with E-state index in [4.69, 9.17) is 4.74 Å². The topological polar surface area (TPSA) is 33.9 Å². The fourth-order valence-corrected chi connectivity index (χ4v) is 5.77. The second-order valence-corrected chi connectivity index (χ2v) is 9.56. The molecular formula is C18H27INO2+. The molecule has 1 unspecified atom stereocenters. The SMILES string of the molecule is COc1cc(C[NH+]2C[C@@]3(C)C[C@H]2CC(C)(C)C3)cc(I)c1O. The van der Waals surface area contributed by atoms with Gasteiger partial charge in [0.2, 0.25) is 0 Å². The van der Waals surface area contributed by atoms with Gasteiger partial charge in [0.05, 0.1) is 23.3 Å². The van der Waals surface area contributed by atoms with Crippen LogP contribution in [0.3, 0.4) is 0 Å². The summed E-state index contributed by atoms with van der Waals surface area (Å²) in [4.78, 5) is 1.71. The Morgan fingerprint density at radius 1 is 1.32 bits per heavy atom. The second-order valence-electron chi connectivity index (χ2n) is 8.40. The van der Waals surface area contributed by atoms with Gasteiger partial charge < -0.3 is 14.7 Å². The second kappa shape index (κ2) is 5.55. The van der Waals surface area contributed by atoms with Crippen LogP contribution in [-0.2, 0) is 6.54 Å². The molecule has 0 amide bonds. The maximum absolute atomic E-state index is 10.0. The number of benzene rings is 1. The van der Waals surface area contributed by atoms with Gasteiger partial charge in [0.25, 0.3) is 0 Å². The van der Waals surface area contributed by atoms with Crippen molar-refractivity contribution in [2.75, 3.05) is 13.7 Å². The van der Waals surface area contributed by atoms with Crippen molar-refractivity contribution in [1.82, 2.24) is 0 Å². The highest BCUT2D eigenvalue weighted by Gasteiger charge is 2.52. The van der Waals surface area contributed by atoms with Crippen molar-refractivity contribution in [3.63, 3.8) is 0 Å². The number of fused-ring (bicyclic) bond motifs is 2. The lowest BCUT2D eigenvalue weighted by molar-refractivity contribution is -0.928. The van der Waals surface area contributed by atoms with Gasteiger partial charge in [-0.2, -0.15) is 0 Å². The van der Waals surface area contributed by atoms with Crippen molar-refractivity contribution < 1.29 is 14.7 Å². The quantitative estimate of drug-likeness (QED) is 0.744. The smallest absolute Gasteiger partial charge is 0.171 e. The monoisotopic (exact) mass is 416 g/mol. The van der Waals surface area contributed by atoms with E-state index in [1.165, 1.54) is 31.4 Å². The van der Waals surface area contributed by atoms with E-state index in [-0.39, 0.29) is 5.75 Å². The molecule has 1 aromatic rings. The number of phenolic OH excluding ortho intramolecular Hbond substituents is 1. The molecule has 1 heterocycles. The van der Waals surface area contributed by atoms with Crippen LogP contribution in [0.1, 0.15) is 45.6 Å². The summed E-state index contributed by atoms with van der Waals surface area (Å²) in [6, 6.07) is 4.87. The zero-order valence-corrected chi connectivity index (χ0v) is 16.2. The van der Waals surface area contributed by atoms with Crippen molar-refractivity contribution in [3.05, 3.63) is 21.3 Å². The first-order chi connectivity index (χ1) is 10.2. The summed E-state index contributed by atoms with van der Waals surface area (Å²) in [6.45, 7) is 9.61. The summed E-state index contributed by atoms with van der Waals surface area (Å²) >= 11 is 2.19. The van der Waals surface area contributed by atoms with Crippen LogP contribution >= 0.6 is 22.6 Å². The Morgan fingerprint density at radius 3 is 2.73 bits per heavy atom. The van der Waals surface area contributed by atoms with Crippen LogP contribution in [0.2, 0.25) is 0 Å². The Bertz CT molecular complexity index is 587. The van der Waals surface area contributed by atoms with Crippen LogP contribution in [-0.4, -0.2) is 24.8 Å². The molecular weight excluding hydrogens is 389 g/mol. The molecule has 0 spiro atoms. The zero-order chi connectivity index (χ0) is 16.1. The first-order valence-corrected chi connectivity index (χ1v) is 9.19. The van der Waals surface area contributed by atoms with E-state index < -0.39 is 0 Å². The summed E-state index contributed by atoms with van der Waals surface area (Å²) in [7, 11) is 1.62. The number of phenols is 1. The number of ether oxygens (including phenoxy) is 1. The summed E-state index contributed by atoms with van der Waals surface area (Å²) in [6.07, 6.45) is 4.03. The van der Waals surface area contributed by atoms with Crippen molar-refractivity contribution in [2.24, 2.45) is 10.8 Å². The third-order valence-corrected chi connectivity index (χ3v) is 6.24. The van der Waals surface area contributed by atoms with Gasteiger partial charge in [0.1, 0.15) is 6.54 Å². The number of likely N-dealkylation sites (tertiary alicyclic amines) is 1. The molecule has 1 saturated heterocycles. The number of methoxy groups -OCH3 is 1.